The van der Waals surface area contributed by atoms with Gasteiger partial charge in [0.05, 0.1) is 0 Å². The molecular formula is C15H26O. The van der Waals surface area contributed by atoms with Crippen molar-refractivity contribution in [2.45, 2.75) is 51.9 Å². The molecule has 0 aromatic carbocycles. The van der Waals surface area contributed by atoms with E-state index >= 15 is 0 Å². The molecule has 0 unspecified atom stereocenters. The zero-order valence-electron chi connectivity index (χ0n) is 10.6. The van der Waals surface area contributed by atoms with Crippen molar-refractivity contribution >= 4 is 0 Å². The molecule has 0 radical (unpaired) electrons. The molecule has 0 aliphatic carbocycles. The summed E-state index contributed by atoms with van der Waals surface area (Å²) in [5, 5.41) is 8.55. The number of aliphatic hydroxyl groups excluding tert-OH is 1. The first-order valence-electron chi connectivity index (χ1n) is 6.47. The maximum absolute atomic E-state index is 8.55. The van der Waals surface area contributed by atoms with Gasteiger partial charge in [-0.15, -0.1) is 0 Å². The number of hydrogen-bond donors (Lipinski definition) is 1. The van der Waals surface area contributed by atoms with E-state index in [-0.39, 0.29) is 6.61 Å². The van der Waals surface area contributed by atoms with Crippen molar-refractivity contribution in [2.75, 3.05) is 6.61 Å². The Hall–Kier alpha value is -0.820. The highest BCUT2D eigenvalue weighted by Gasteiger charge is 1.80. The van der Waals surface area contributed by atoms with Gasteiger partial charge in [-0.3, -0.25) is 0 Å². The van der Waals surface area contributed by atoms with Crippen molar-refractivity contribution in [1.29, 1.82) is 0 Å². The molecule has 0 amide bonds. The molecule has 0 spiro atoms. The first-order valence-corrected chi connectivity index (χ1v) is 6.47. The molecule has 0 saturated heterocycles. The quantitative estimate of drug-likeness (QED) is 0.429. The van der Waals surface area contributed by atoms with E-state index in [2.05, 4.69) is 37.3 Å². The lowest BCUT2D eigenvalue weighted by Crippen LogP contribution is -1.74. The van der Waals surface area contributed by atoms with E-state index in [1.54, 1.807) is 0 Å². The van der Waals surface area contributed by atoms with Gasteiger partial charge in [0, 0.05) is 6.61 Å². The van der Waals surface area contributed by atoms with Gasteiger partial charge in [-0.1, -0.05) is 56.2 Å². The van der Waals surface area contributed by atoms with Crippen LogP contribution in [0, 0.1) is 0 Å². The van der Waals surface area contributed by atoms with Crippen molar-refractivity contribution in [3.8, 4) is 0 Å². The zero-order valence-corrected chi connectivity index (χ0v) is 10.6. The second kappa shape index (κ2) is 14.2. The van der Waals surface area contributed by atoms with Crippen LogP contribution in [0.2, 0.25) is 0 Å². The molecule has 92 valence electrons. The van der Waals surface area contributed by atoms with Gasteiger partial charge in [0.15, 0.2) is 0 Å². The van der Waals surface area contributed by atoms with E-state index in [4.69, 9.17) is 5.11 Å². The highest BCUT2D eigenvalue weighted by molar-refractivity contribution is 4.97. The second-order valence-corrected chi connectivity index (χ2v) is 3.89. The molecule has 1 N–H and O–H groups in total. The van der Waals surface area contributed by atoms with Gasteiger partial charge in [-0.05, 0) is 32.1 Å². The van der Waals surface area contributed by atoms with Gasteiger partial charge in [0.2, 0.25) is 0 Å². The predicted octanol–water partition coefficient (Wildman–Crippen LogP) is 4.40. The molecule has 0 aromatic heterocycles. The Balaban J connectivity index is 3.26. The molecule has 0 bridgehead atoms. The number of aliphatic hydroxyl groups is 1. The van der Waals surface area contributed by atoms with Crippen LogP contribution >= 0.6 is 0 Å². The molecule has 16 heavy (non-hydrogen) atoms. The number of rotatable bonds is 10. The molecule has 1 heteroatoms. The van der Waals surface area contributed by atoms with Crippen molar-refractivity contribution in [2.24, 2.45) is 0 Å². The molecule has 0 heterocycles. The van der Waals surface area contributed by atoms with Crippen molar-refractivity contribution in [3.63, 3.8) is 0 Å². The van der Waals surface area contributed by atoms with Gasteiger partial charge in [-0.25, -0.2) is 0 Å². The van der Waals surface area contributed by atoms with Crippen LogP contribution in [0.25, 0.3) is 0 Å². The topological polar surface area (TPSA) is 20.2 Å². The summed E-state index contributed by atoms with van der Waals surface area (Å²) < 4.78 is 0. The van der Waals surface area contributed by atoms with Gasteiger partial charge in [0.1, 0.15) is 0 Å². The highest BCUT2D eigenvalue weighted by Crippen LogP contribution is 2.00. The summed E-state index contributed by atoms with van der Waals surface area (Å²) in [5.41, 5.74) is 0. The Bertz CT molecular complexity index is 201. The molecule has 0 atom stereocenters. The lowest BCUT2D eigenvalue weighted by molar-refractivity contribution is 0.302. The minimum absolute atomic E-state index is 0.251. The van der Waals surface area contributed by atoms with E-state index in [0.717, 1.165) is 19.3 Å². The third kappa shape index (κ3) is 13.2. The van der Waals surface area contributed by atoms with E-state index in [1.807, 2.05) is 6.08 Å². The monoisotopic (exact) mass is 222 g/mol. The van der Waals surface area contributed by atoms with Crippen LogP contribution in [0.3, 0.4) is 0 Å². The summed E-state index contributed by atoms with van der Waals surface area (Å²) in [6.45, 7) is 2.48. The van der Waals surface area contributed by atoms with Gasteiger partial charge in [-0.2, -0.15) is 0 Å². The molecule has 0 aliphatic heterocycles. The normalized spacial score (nSPS) is 12.4. The van der Waals surface area contributed by atoms with Crippen LogP contribution < -0.4 is 0 Å². The average molecular weight is 222 g/mol. The van der Waals surface area contributed by atoms with Crippen molar-refractivity contribution in [1.82, 2.24) is 0 Å². The van der Waals surface area contributed by atoms with Crippen LogP contribution in [0.5, 0.6) is 0 Å². The van der Waals surface area contributed by atoms with Gasteiger partial charge in [0.25, 0.3) is 0 Å². The van der Waals surface area contributed by atoms with Crippen molar-refractivity contribution in [3.05, 3.63) is 36.5 Å². The Morgan fingerprint density at radius 2 is 1.31 bits per heavy atom. The lowest BCUT2D eigenvalue weighted by Gasteiger charge is -1.90. The smallest absolute Gasteiger partial charge is 0.0465 e. The Morgan fingerprint density at radius 3 is 1.88 bits per heavy atom. The maximum Gasteiger partial charge on any atom is 0.0465 e. The van der Waals surface area contributed by atoms with Crippen LogP contribution in [0.1, 0.15) is 51.9 Å². The number of hydrogen-bond acceptors (Lipinski definition) is 1. The largest absolute Gasteiger partial charge is 0.396 e. The summed E-state index contributed by atoms with van der Waals surface area (Å²) >= 11 is 0. The minimum Gasteiger partial charge on any atom is -0.396 e. The fourth-order valence-electron chi connectivity index (χ4n) is 1.36. The van der Waals surface area contributed by atoms with Gasteiger partial charge < -0.3 is 5.11 Å². The Kier molecular flexibility index (Phi) is 13.5. The summed E-state index contributed by atoms with van der Waals surface area (Å²) in [5.74, 6) is 0. The lowest BCUT2D eigenvalue weighted by atomic mass is 10.2. The van der Waals surface area contributed by atoms with E-state index in [0.29, 0.717) is 0 Å². The summed E-state index contributed by atoms with van der Waals surface area (Å²) in [6.07, 6.45) is 21.0. The number of allylic oxidation sites excluding steroid dienone is 5. The molecule has 0 fully saturated rings. The van der Waals surface area contributed by atoms with Crippen LogP contribution in [-0.4, -0.2) is 11.7 Å². The maximum atomic E-state index is 8.55. The SMILES string of the molecule is CCCCCC=CCC=CCC=CCCO. The van der Waals surface area contributed by atoms with E-state index in [9.17, 15) is 0 Å². The minimum atomic E-state index is 0.251. The number of unbranched alkanes of at least 4 members (excludes halogenated alkanes) is 3. The molecule has 1 nitrogen and oxygen atoms in total. The van der Waals surface area contributed by atoms with Crippen LogP contribution in [-0.2, 0) is 0 Å². The Labute approximate surface area is 101 Å². The molecule has 0 aromatic rings. The molecule has 0 aliphatic rings. The summed E-state index contributed by atoms with van der Waals surface area (Å²) in [4.78, 5) is 0. The summed E-state index contributed by atoms with van der Waals surface area (Å²) in [7, 11) is 0. The summed E-state index contributed by atoms with van der Waals surface area (Å²) in [6, 6.07) is 0. The first kappa shape index (κ1) is 15.2. The van der Waals surface area contributed by atoms with E-state index in [1.165, 1.54) is 25.7 Å². The van der Waals surface area contributed by atoms with Crippen LogP contribution in [0.15, 0.2) is 36.5 Å². The molecule has 0 saturated carbocycles. The van der Waals surface area contributed by atoms with E-state index < -0.39 is 0 Å². The van der Waals surface area contributed by atoms with Gasteiger partial charge >= 0.3 is 0 Å². The third-order valence-electron chi connectivity index (χ3n) is 2.31. The van der Waals surface area contributed by atoms with Crippen LogP contribution in [0.4, 0.5) is 0 Å². The molecular weight excluding hydrogens is 196 g/mol. The highest BCUT2D eigenvalue weighted by atomic mass is 16.2. The third-order valence-corrected chi connectivity index (χ3v) is 2.31. The first-order chi connectivity index (χ1) is 7.91. The zero-order chi connectivity index (χ0) is 11.9. The fraction of sp³-hybridized carbons (Fsp3) is 0.600. The average Bonchev–Trinajstić information content (AvgIpc) is 2.31. The second-order valence-electron chi connectivity index (χ2n) is 3.89. The standard InChI is InChI=1S/C15H26O/c1-2-3-4-5-6-7-8-9-10-11-12-13-14-15-16/h6-7,9-10,12-13,16H,2-5,8,11,14-15H2,1H3. The predicted molar refractivity (Wildman–Crippen MR) is 72.5 cm³/mol. The fourth-order valence-corrected chi connectivity index (χ4v) is 1.36. The van der Waals surface area contributed by atoms with Crippen molar-refractivity contribution < 1.29 is 5.11 Å². The molecule has 0 rings (SSSR count). The Morgan fingerprint density at radius 1 is 0.750 bits per heavy atom.